The van der Waals surface area contributed by atoms with Gasteiger partial charge in [-0.25, -0.2) is 4.79 Å². The van der Waals surface area contributed by atoms with E-state index in [1.54, 1.807) is 4.90 Å². The van der Waals surface area contributed by atoms with Crippen molar-refractivity contribution < 1.29 is 19.1 Å². The normalized spacial score (nSPS) is 26.9. The zero-order valence-electron chi connectivity index (χ0n) is 17.9. The van der Waals surface area contributed by atoms with Crippen LogP contribution >= 0.6 is 0 Å². The minimum atomic E-state index is -1.93. The van der Waals surface area contributed by atoms with Crippen LogP contribution in [0.2, 0.25) is 19.6 Å². The van der Waals surface area contributed by atoms with E-state index in [1.807, 2.05) is 62.6 Å². The van der Waals surface area contributed by atoms with Crippen molar-refractivity contribution in [2.75, 3.05) is 6.61 Å². The Kier molecular flexibility index (Phi) is 5.36. The third-order valence-electron chi connectivity index (χ3n) is 5.25. The Labute approximate surface area is 168 Å². The number of cyclic esters (lactones) is 1. The van der Waals surface area contributed by atoms with Crippen LogP contribution in [-0.4, -0.2) is 60.1 Å². The first-order valence-electron chi connectivity index (χ1n) is 9.93. The van der Waals surface area contributed by atoms with Gasteiger partial charge in [0.2, 0.25) is 5.91 Å². The van der Waals surface area contributed by atoms with Crippen LogP contribution in [0.15, 0.2) is 30.3 Å². The molecule has 3 rings (SSSR count). The molecule has 0 unspecified atom stereocenters. The monoisotopic (exact) mass is 404 g/mol. The highest BCUT2D eigenvalue weighted by Gasteiger charge is 2.60. The van der Waals surface area contributed by atoms with Crippen molar-refractivity contribution in [3.63, 3.8) is 0 Å². The summed E-state index contributed by atoms with van der Waals surface area (Å²) in [4.78, 5) is 27.5. The Hall–Kier alpha value is -1.86. The van der Waals surface area contributed by atoms with Gasteiger partial charge in [0.05, 0.1) is 23.8 Å². The smallest absolute Gasteiger partial charge is 0.411 e. The van der Waals surface area contributed by atoms with Crippen LogP contribution in [0.4, 0.5) is 4.79 Å². The number of hydrogen-bond acceptors (Lipinski definition) is 4. The standard InChI is InChI=1S/C21H32N2O4Si/c1-14(27-21(2,3)4)17-18(19(24)23(17)28(5,6)7)22-16(13-26-20(22)25)15-11-9-8-10-12-15/h8-12,14,16-18H,13H2,1-7H3/t14-,16+,17+,18+/m0/s1. The molecule has 2 amide bonds. The van der Waals surface area contributed by atoms with Crippen molar-refractivity contribution >= 4 is 20.2 Å². The lowest BCUT2D eigenvalue weighted by molar-refractivity contribution is -0.166. The second kappa shape index (κ2) is 7.19. The predicted molar refractivity (Wildman–Crippen MR) is 110 cm³/mol. The molecule has 0 aromatic heterocycles. The van der Waals surface area contributed by atoms with Gasteiger partial charge in [0.15, 0.2) is 8.24 Å². The number of benzene rings is 1. The highest BCUT2D eigenvalue weighted by Crippen LogP contribution is 2.40. The summed E-state index contributed by atoms with van der Waals surface area (Å²) in [6, 6.07) is 8.79. The van der Waals surface area contributed by atoms with Crippen LogP contribution in [-0.2, 0) is 14.3 Å². The second-order valence-electron chi connectivity index (χ2n) is 9.66. The summed E-state index contributed by atoms with van der Waals surface area (Å²) >= 11 is 0. The summed E-state index contributed by atoms with van der Waals surface area (Å²) in [6.45, 7) is 14.7. The van der Waals surface area contributed by atoms with Crippen LogP contribution in [0, 0.1) is 0 Å². The maximum absolute atomic E-state index is 13.3. The zero-order chi connectivity index (χ0) is 20.9. The molecular formula is C21H32N2O4Si. The van der Waals surface area contributed by atoms with Crippen LogP contribution < -0.4 is 0 Å². The molecule has 0 bridgehead atoms. The minimum Gasteiger partial charge on any atom is -0.447 e. The quantitative estimate of drug-likeness (QED) is 0.553. The molecule has 0 saturated carbocycles. The predicted octanol–water partition coefficient (Wildman–Crippen LogP) is 3.80. The molecule has 2 aliphatic rings. The van der Waals surface area contributed by atoms with Crippen molar-refractivity contribution in [1.29, 1.82) is 0 Å². The first kappa shape index (κ1) is 20.9. The van der Waals surface area contributed by atoms with Crippen molar-refractivity contribution in [3.8, 4) is 0 Å². The Bertz CT molecular complexity index is 741. The second-order valence-corrected chi connectivity index (χ2v) is 14.5. The lowest BCUT2D eigenvalue weighted by Gasteiger charge is -2.58. The molecule has 2 heterocycles. The average molecular weight is 405 g/mol. The fourth-order valence-electron chi connectivity index (χ4n) is 4.32. The van der Waals surface area contributed by atoms with E-state index in [4.69, 9.17) is 9.47 Å². The molecule has 2 fully saturated rings. The molecular weight excluding hydrogens is 372 g/mol. The van der Waals surface area contributed by atoms with Gasteiger partial charge in [0, 0.05) is 0 Å². The molecule has 4 atom stereocenters. The Morgan fingerprint density at radius 3 is 2.29 bits per heavy atom. The molecule has 6 nitrogen and oxygen atoms in total. The van der Waals surface area contributed by atoms with Gasteiger partial charge in [-0.1, -0.05) is 50.0 Å². The van der Waals surface area contributed by atoms with Crippen molar-refractivity contribution in [1.82, 2.24) is 9.47 Å². The van der Waals surface area contributed by atoms with E-state index in [0.29, 0.717) is 0 Å². The number of carbonyl (C=O) groups is 2. The van der Waals surface area contributed by atoms with E-state index in [9.17, 15) is 9.59 Å². The number of ether oxygens (including phenoxy) is 2. The Morgan fingerprint density at radius 1 is 1.14 bits per heavy atom. The number of carbonyl (C=O) groups excluding carboxylic acids is 2. The fraction of sp³-hybridized carbons (Fsp3) is 0.619. The molecule has 0 aliphatic carbocycles. The van der Waals surface area contributed by atoms with Crippen LogP contribution in [0.25, 0.3) is 0 Å². The van der Waals surface area contributed by atoms with E-state index < -0.39 is 20.4 Å². The third-order valence-corrected chi connectivity index (χ3v) is 7.21. The number of β-lactam (4-membered cyclic amide) rings is 1. The lowest BCUT2D eigenvalue weighted by Crippen LogP contribution is -2.79. The van der Waals surface area contributed by atoms with E-state index in [0.717, 1.165) is 5.56 Å². The Morgan fingerprint density at radius 2 is 1.75 bits per heavy atom. The summed E-state index contributed by atoms with van der Waals surface area (Å²) in [5.41, 5.74) is 0.647. The van der Waals surface area contributed by atoms with Crippen molar-refractivity contribution in [2.24, 2.45) is 0 Å². The van der Waals surface area contributed by atoms with Gasteiger partial charge in [-0.05, 0) is 33.3 Å². The molecule has 0 spiro atoms. The van der Waals surface area contributed by atoms with Gasteiger partial charge in [-0.3, -0.25) is 9.69 Å². The minimum absolute atomic E-state index is 0.00769. The molecule has 0 radical (unpaired) electrons. The maximum Gasteiger partial charge on any atom is 0.411 e. The molecule has 28 heavy (non-hydrogen) atoms. The maximum atomic E-state index is 13.3. The third kappa shape index (κ3) is 3.82. The van der Waals surface area contributed by atoms with E-state index >= 15 is 0 Å². The summed E-state index contributed by atoms with van der Waals surface area (Å²) in [5.74, 6) is 0.00769. The van der Waals surface area contributed by atoms with E-state index in [2.05, 4.69) is 19.6 Å². The van der Waals surface area contributed by atoms with Crippen LogP contribution in [0.5, 0.6) is 0 Å². The zero-order valence-corrected chi connectivity index (χ0v) is 18.9. The molecule has 1 aromatic carbocycles. The lowest BCUT2D eigenvalue weighted by atomic mass is 9.90. The van der Waals surface area contributed by atoms with Crippen molar-refractivity contribution in [3.05, 3.63) is 35.9 Å². The fourth-order valence-corrected chi connectivity index (χ4v) is 6.36. The molecule has 1 aromatic rings. The SMILES string of the molecule is C[C@H](OC(C)(C)C)[C@@H]1[C@@H](N2C(=O)OC[C@@H]2c2ccccc2)C(=O)N1[Si](C)(C)C. The van der Waals surface area contributed by atoms with Gasteiger partial charge >= 0.3 is 6.09 Å². The van der Waals surface area contributed by atoms with E-state index in [-0.39, 0.29) is 36.3 Å². The van der Waals surface area contributed by atoms with Gasteiger partial charge in [0.25, 0.3) is 0 Å². The summed E-state index contributed by atoms with van der Waals surface area (Å²) in [7, 11) is -1.93. The van der Waals surface area contributed by atoms with Crippen LogP contribution in [0.3, 0.4) is 0 Å². The number of rotatable bonds is 5. The highest BCUT2D eigenvalue weighted by molar-refractivity contribution is 6.76. The molecule has 2 aliphatic heterocycles. The average Bonchev–Trinajstić information content (AvgIpc) is 2.92. The van der Waals surface area contributed by atoms with E-state index in [1.165, 1.54) is 0 Å². The molecule has 0 N–H and O–H groups in total. The number of hydrogen-bond donors (Lipinski definition) is 0. The summed E-state index contributed by atoms with van der Waals surface area (Å²) in [5, 5.41) is 0. The molecule has 7 heteroatoms. The van der Waals surface area contributed by atoms with Gasteiger partial charge < -0.3 is 14.0 Å². The first-order valence-corrected chi connectivity index (χ1v) is 13.4. The molecule has 2 saturated heterocycles. The van der Waals surface area contributed by atoms with Gasteiger partial charge in [0.1, 0.15) is 12.6 Å². The van der Waals surface area contributed by atoms with Gasteiger partial charge in [-0.15, -0.1) is 0 Å². The summed E-state index contributed by atoms with van der Waals surface area (Å²) < 4.78 is 13.6. The Balaban J connectivity index is 1.95. The van der Waals surface area contributed by atoms with Crippen molar-refractivity contribution in [2.45, 2.75) is 77.2 Å². The number of amides is 2. The largest absolute Gasteiger partial charge is 0.447 e. The van der Waals surface area contributed by atoms with Crippen LogP contribution in [0.1, 0.15) is 39.3 Å². The first-order chi connectivity index (χ1) is 12.9. The number of nitrogens with zero attached hydrogens (tertiary/aromatic N) is 2. The topological polar surface area (TPSA) is 59.1 Å². The molecule has 154 valence electrons. The summed E-state index contributed by atoms with van der Waals surface area (Å²) in [6.07, 6.45) is -0.616. The van der Waals surface area contributed by atoms with Gasteiger partial charge in [-0.2, -0.15) is 0 Å². The highest BCUT2D eigenvalue weighted by atomic mass is 28.3.